The quantitative estimate of drug-likeness (QED) is 0.509. The molecule has 1 N–H and O–H groups in total. The molecule has 0 radical (unpaired) electrons. The summed E-state index contributed by atoms with van der Waals surface area (Å²) in [6.45, 7) is 0.410. The highest BCUT2D eigenvalue weighted by Gasteiger charge is 2.13. The van der Waals surface area contributed by atoms with Crippen molar-refractivity contribution in [3.05, 3.63) is 83.0 Å². The van der Waals surface area contributed by atoms with Crippen LogP contribution in [0.25, 0.3) is 16.7 Å². The normalized spacial score (nSPS) is 10.8. The van der Waals surface area contributed by atoms with E-state index in [1.165, 1.54) is 17.1 Å². The Morgan fingerprint density at radius 1 is 1.10 bits per heavy atom. The molecule has 2 heterocycles. The predicted octanol–water partition coefficient (Wildman–Crippen LogP) is 1.95. The second-order valence-corrected chi connectivity index (χ2v) is 6.75. The van der Waals surface area contributed by atoms with Gasteiger partial charge in [0.25, 0.3) is 5.56 Å². The van der Waals surface area contributed by atoms with Gasteiger partial charge in [0.05, 0.1) is 19.0 Å². The Morgan fingerprint density at radius 2 is 1.87 bits per heavy atom. The summed E-state index contributed by atoms with van der Waals surface area (Å²) in [4.78, 5) is 29.4. The lowest BCUT2D eigenvalue weighted by Crippen LogP contribution is -2.33. The van der Waals surface area contributed by atoms with Crippen molar-refractivity contribution in [1.82, 2.24) is 24.6 Å². The molecule has 0 bridgehead atoms. The van der Waals surface area contributed by atoms with E-state index in [4.69, 9.17) is 4.74 Å². The van der Waals surface area contributed by atoms with Crippen molar-refractivity contribution in [2.24, 2.45) is 0 Å². The number of aromatic nitrogens is 4. The summed E-state index contributed by atoms with van der Waals surface area (Å²) in [5, 5.41) is 7.47. The topological polar surface area (TPSA) is 91.0 Å². The second kappa shape index (κ2) is 8.60. The molecule has 0 fully saturated rings. The summed E-state index contributed by atoms with van der Waals surface area (Å²) in [7, 11) is 1.60. The smallest absolute Gasteiger partial charge is 0.264 e. The van der Waals surface area contributed by atoms with Crippen LogP contribution in [0.5, 0.6) is 5.75 Å². The average Bonchev–Trinajstić information content (AvgIpc) is 3.21. The molecule has 0 aliphatic heterocycles. The number of hydrogen-bond donors (Lipinski definition) is 1. The van der Waals surface area contributed by atoms with E-state index in [0.717, 1.165) is 23.4 Å². The van der Waals surface area contributed by atoms with Gasteiger partial charge in [0.15, 0.2) is 5.65 Å². The molecule has 30 heavy (non-hydrogen) atoms. The van der Waals surface area contributed by atoms with Crippen molar-refractivity contribution < 1.29 is 9.53 Å². The van der Waals surface area contributed by atoms with E-state index in [9.17, 15) is 9.59 Å². The molecule has 0 saturated carbocycles. The highest BCUT2D eigenvalue weighted by Crippen LogP contribution is 2.17. The van der Waals surface area contributed by atoms with Gasteiger partial charge in [-0.25, -0.2) is 9.67 Å². The fourth-order valence-corrected chi connectivity index (χ4v) is 3.18. The van der Waals surface area contributed by atoms with Gasteiger partial charge in [-0.15, -0.1) is 0 Å². The molecule has 4 aromatic rings. The Kier molecular flexibility index (Phi) is 5.56. The minimum Gasteiger partial charge on any atom is -0.497 e. The zero-order chi connectivity index (χ0) is 20.9. The van der Waals surface area contributed by atoms with Crippen LogP contribution >= 0.6 is 0 Å². The summed E-state index contributed by atoms with van der Waals surface area (Å²) in [5.41, 5.74) is 2.03. The molecule has 0 aliphatic rings. The Hall–Kier alpha value is -3.94. The first-order chi connectivity index (χ1) is 14.7. The van der Waals surface area contributed by atoms with Crippen molar-refractivity contribution in [2.45, 2.75) is 13.0 Å². The van der Waals surface area contributed by atoms with Crippen LogP contribution in [0, 0.1) is 0 Å². The SMILES string of the molecule is COc1ccc(-n2ncc3c(=O)n(CC(=O)NCCc4ccccc4)cnc32)cc1. The number of hydrogen-bond acceptors (Lipinski definition) is 5. The van der Waals surface area contributed by atoms with Crippen molar-refractivity contribution in [2.75, 3.05) is 13.7 Å². The van der Waals surface area contributed by atoms with E-state index in [2.05, 4.69) is 15.4 Å². The minimum atomic E-state index is -0.307. The van der Waals surface area contributed by atoms with Crippen molar-refractivity contribution >= 4 is 16.9 Å². The maximum absolute atomic E-state index is 12.8. The molecule has 152 valence electrons. The maximum Gasteiger partial charge on any atom is 0.264 e. The summed E-state index contributed by atoms with van der Waals surface area (Å²) < 4.78 is 8.04. The monoisotopic (exact) mass is 403 g/mol. The van der Waals surface area contributed by atoms with Crippen LogP contribution in [0.1, 0.15) is 5.56 Å². The molecule has 0 unspecified atom stereocenters. The lowest BCUT2D eigenvalue weighted by Gasteiger charge is -2.08. The van der Waals surface area contributed by atoms with Gasteiger partial charge in [0.1, 0.15) is 24.0 Å². The van der Waals surface area contributed by atoms with Gasteiger partial charge in [0, 0.05) is 6.54 Å². The van der Waals surface area contributed by atoms with Crippen LogP contribution in [0.15, 0.2) is 71.9 Å². The predicted molar refractivity (Wildman–Crippen MR) is 113 cm³/mol. The molecule has 0 spiro atoms. The molecular formula is C22H21N5O3. The first-order valence-electron chi connectivity index (χ1n) is 9.54. The van der Waals surface area contributed by atoms with Gasteiger partial charge >= 0.3 is 0 Å². The molecule has 8 nitrogen and oxygen atoms in total. The molecule has 2 aromatic heterocycles. The largest absolute Gasteiger partial charge is 0.497 e. The number of nitrogens with one attached hydrogen (secondary N) is 1. The number of carbonyl (C=O) groups is 1. The van der Waals surface area contributed by atoms with Gasteiger partial charge in [-0.1, -0.05) is 30.3 Å². The number of carbonyl (C=O) groups excluding carboxylic acids is 1. The van der Waals surface area contributed by atoms with Crippen molar-refractivity contribution in [3.63, 3.8) is 0 Å². The molecular weight excluding hydrogens is 382 g/mol. The highest BCUT2D eigenvalue weighted by molar-refractivity contribution is 5.77. The minimum absolute atomic E-state index is 0.0930. The number of rotatable bonds is 7. The van der Waals surface area contributed by atoms with Gasteiger partial charge in [-0.2, -0.15) is 5.10 Å². The van der Waals surface area contributed by atoms with E-state index < -0.39 is 0 Å². The summed E-state index contributed by atoms with van der Waals surface area (Å²) in [6.07, 6.45) is 3.58. The van der Waals surface area contributed by atoms with Crippen molar-refractivity contribution in [1.29, 1.82) is 0 Å². The Labute approximate surface area is 172 Å². The van der Waals surface area contributed by atoms with Crippen LogP contribution in [0.4, 0.5) is 0 Å². The first-order valence-corrected chi connectivity index (χ1v) is 9.54. The zero-order valence-corrected chi connectivity index (χ0v) is 16.5. The number of benzene rings is 2. The van der Waals surface area contributed by atoms with E-state index in [0.29, 0.717) is 17.6 Å². The van der Waals surface area contributed by atoms with Crippen LogP contribution in [0.3, 0.4) is 0 Å². The van der Waals surface area contributed by atoms with Crippen LogP contribution in [-0.4, -0.2) is 38.9 Å². The molecule has 0 atom stereocenters. The average molecular weight is 403 g/mol. The molecule has 4 rings (SSSR count). The summed E-state index contributed by atoms with van der Waals surface area (Å²) in [6, 6.07) is 17.2. The molecule has 0 aliphatic carbocycles. The lowest BCUT2D eigenvalue weighted by molar-refractivity contribution is -0.121. The van der Waals surface area contributed by atoms with E-state index in [1.807, 2.05) is 54.6 Å². The Bertz CT molecular complexity index is 1210. The highest BCUT2D eigenvalue weighted by atomic mass is 16.5. The van der Waals surface area contributed by atoms with Crippen LogP contribution in [-0.2, 0) is 17.8 Å². The Balaban J connectivity index is 1.47. The first kappa shape index (κ1) is 19.4. The fourth-order valence-electron chi connectivity index (χ4n) is 3.18. The number of methoxy groups -OCH3 is 1. The Morgan fingerprint density at radius 3 is 2.60 bits per heavy atom. The fraction of sp³-hybridized carbons (Fsp3) is 0.182. The lowest BCUT2D eigenvalue weighted by atomic mass is 10.1. The van der Waals surface area contributed by atoms with Gasteiger partial charge in [-0.3, -0.25) is 14.2 Å². The molecule has 0 saturated heterocycles. The van der Waals surface area contributed by atoms with Gasteiger partial charge < -0.3 is 10.1 Å². The molecule has 8 heteroatoms. The third kappa shape index (κ3) is 4.07. The van der Waals surface area contributed by atoms with E-state index in [-0.39, 0.29) is 18.0 Å². The molecule has 2 aromatic carbocycles. The van der Waals surface area contributed by atoms with Gasteiger partial charge in [0.2, 0.25) is 5.91 Å². The van der Waals surface area contributed by atoms with Crippen molar-refractivity contribution in [3.8, 4) is 11.4 Å². The maximum atomic E-state index is 12.8. The van der Waals surface area contributed by atoms with Crippen LogP contribution < -0.4 is 15.6 Å². The standard InChI is InChI=1S/C22H21N5O3/c1-30-18-9-7-17(8-10-18)27-21-19(13-25-27)22(29)26(15-24-21)14-20(28)23-12-11-16-5-3-2-4-6-16/h2-10,13,15H,11-12,14H2,1H3,(H,23,28). The third-order valence-corrected chi connectivity index (χ3v) is 4.76. The summed E-state index contributed by atoms with van der Waals surface area (Å²) in [5.74, 6) is 0.487. The third-order valence-electron chi connectivity index (χ3n) is 4.76. The van der Waals surface area contributed by atoms with Crippen LogP contribution in [0.2, 0.25) is 0 Å². The number of ether oxygens (including phenoxy) is 1. The second-order valence-electron chi connectivity index (χ2n) is 6.75. The van der Waals surface area contributed by atoms with Gasteiger partial charge in [-0.05, 0) is 36.2 Å². The number of nitrogens with zero attached hydrogens (tertiary/aromatic N) is 4. The number of fused-ring (bicyclic) bond motifs is 1. The zero-order valence-electron chi connectivity index (χ0n) is 16.5. The van der Waals surface area contributed by atoms with E-state index in [1.54, 1.807) is 11.8 Å². The molecule has 1 amide bonds. The summed E-state index contributed by atoms with van der Waals surface area (Å²) >= 11 is 0. The number of amides is 1. The van der Waals surface area contributed by atoms with E-state index >= 15 is 0 Å².